The number of pyridine rings is 1. The summed E-state index contributed by atoms with van der Waals surface area (Å²) >= 11 is 6.62. The lowest BCUT2D eigenvalue weighted by Crippen LogP contribution is -2.34. The Morgan fingerprint density at radius 1 is 1.07 bits per heavy atom. The second kappa shape index (κ2) is 14.4. The number of hydrogen-bond acceptors (Lipinski definition) is 8. The van der Waals surface area contributed by atoms with E-state index < -0.39 is 44.8 Å². The number of nitrogens with one attached hydrogen (secondary N) is 2. The van der Waals surface area contributed by atoms with Crippen LogP contribution in [-0.2, 0) is 53.3 Å². The van der Waals surface area contributed by atoms with Gasteiger partial charge in [-0.3, -0.25) is 14.2 Å². The van der Waals surface area contributed by atoms with E-state index in [1.54, 1.807) is 29.9 Å². The van der Waals surface area contributed by atoms with E-state index in [1.165, 1.54) is 43.8 Å². The fourth-order valence-electron chi connectivity index (χ4n) is 7.19. The number of halogens is 3. The highest BCUT2D eigenvalue weighted by Crippen LogP contribution is 2.47. The maximum atomic E-state index is 14.6. The maximum Gasteiger partial charge on any atom is 0.260 e. The predicted octanol–water partition coefficient (Wildman–Crippen LogP) is 4.75. The number of carbonyl (C=O) groups is 1. The average molecular weight is 792 g/mol. The number of aromatic nitrogens is 5. The van der Waals surface area contributed by atoms with Crippen molar-refractivity contribution < 1.29 is 32.2 Å². The van der Waals surface area contributed by atoms with Crippen molar-refractivity contribution in [1.29, 1.82) is 0 Å². The lowest BCUT2D eigenvalue weighted by atomic mass is 9.93. The van der Waals surface area contributed by atoms with Gasteiger partial charge in [-0.05, 0) is 113 Å². The van der Waals surface area contributed by atoms with Crippen molar-refractivity contribution >= 4 is 38.4 Å². The first-order chi connectivity index (χ1) is 26.0. The topological polar surface area (TPSA) is 164 Å². The minimum atomic E-state index is -4.06. The van der Waals surface area contributed by atoms with Crippen LogP contribution in [0.4, 0.5) is 8.78 Å². The third-order valence-corrected chi connectivity index (χ3v) is 11.5. The molecule has 288 valence electrons. The summed E-state index contributed by atoms with van der Waals surface area (Å²) in [5.74, 6) is 3.53. The van der Waals surface area contributed by atoms with Crippen LogP contribution in [0.3, 0.4) is 0 Å². The summed E-state index contributed by atoms with van der Waals surface area (Å²) in [6.07, 6.45) is 4.42. The molecule has 0 bridgehead atoms. The number of hydrogen-bond donors (Lipinski definition) is 4. The number of aryl methyl sites for hydroxylation is 1. The number of rotatable bonds is 10. The maximum absolute atomic E-state index is 14.6. The van der Waals surface area contributed by atoms with E-state index in [4.69, 9.17) is 21.7 Å². The zero-order chi connectivity index (χ0) is 39.4. The van der Waals surface area contributed by atoms with Gasteiger partial charge in [-0.1, -0.05) is 23.6 Å². The van der Waals surface area contributed by atoms with E-state index >= 15 is 0 Å². The quantitative estimate of drug-likeness (QED) is 0.147. The highest BCUT2D eigenvalue weighted by Gasteiger charge is 2.47. The van der Waals surface area contributed by atoms with Gasteiger partial charge in [0.15, 0.2) is 0 Å². The van der Waals surface area contributed by atoms with Crippen LogP contribution in [0.5, 0.6) is 0 Å². The van der Waals surface area contributed by atoms with Crippen molar-refractivity contribution in [3.63, 3.8) is 0 Å². The number of benzene rings is 2. The van der Waals surface area contributed by atoms with Crippen LogP contribution in [0.25, 0.3) is 22.0 Å². The monoisotopic (exact) mass is 791 g/mol. The van der Waals surface area contributed by atoms with E-state index in [1.807, 2.05) is 0 Å². The summed E-state index contributed by atoms with van der Waals surface area (Å²) < 4.78 is 60.6. The molecule has 2 aliphatic carbocycles. The fourth-order valence-corrected chi connectivity index (χ4v) is 8.38. The molecular formula is C39H40ClF2N7O5S. The molecule has 4 N–H and O–H groups in total. The standard InChI is InChI=1S/C39H40ClF2N7O5S/c1-38(2,51)14-13-25-9-10-26(27-11-12-29(40)33-35(27)48(4)47-37(33)55(53,54)43-3)34(44-25)30(19-22-17-23(41)20-24(42)18-22)45-32(50)21-49-31-8-6-5-7-28(31)36(46-49)39(52)15-16-39/h9-12,17-18,20,30,43,51-52H,5-8,15-16,19,21H2,1-4H3,(H,45,50)/t30-/m0/s1. The molecule has 1 fully saturated rings. The highest BCUT2D eigenvalue weighted by molar-refractivity contribution is 7.89. The van der Waals surface area contributed by atoms with Gasteiger partial charge in [-0.2, -0.15) is 10.2 Å². The van der Waals surface area contributed by atoms with Gasteiger partial charge in [0.1, 0.15) is 35.1 Å². The molecule has 0 unspecified atom stereocenters. The molecule has 1 atom stereocenters. The molecule has 0 aliphatic heterocycles. The SMILES string of the molecule is CNS(=O)(=O)c1nn(C)c2c(-c3ccc(C#CC(C)(C)O)nc3[C@H](Cc3cc(F)cc(F)c3)NC(=O)Cn3nc(C4(O)CC4)c4c3CCCC4)ccc(Cl)c12. The molecule has 3 heterocycles. The molecule has 0 spiro atoms. The van der Waals surface area contributed by atoms with Crippen molar-refractivity contribution in [3.8, 4) is 23.0 Å². The van der Waals surface area contributed by atoms with Gasteiger partial charge in [0.2, 0.25) is 10.9 Å². The van der Waals surface area contributed by atoms with Gasteiger partial charge in [0, 0.05) is 29.9 Å². The molecular weight excluding hydrogens is 752 g/mol. The molecule has 55 heavy (non-hydrogen) atoms. The molecule has 1 saturated carbocycles. The summed E-state index contributed by atoms with van der Waals surface area (Å²) in [4.78, 5) is 19.0. The Morgan fingerprint density at radius 3 is 2.44 bits per heavy atom. The lowest BCUT2D eigenvalue weighted by molar-refractivity contribution is -0.122. The summed E-state index contributed by atoms with van der Waals surface area (Å²) in [5.41, 5.74) is 2.04. The fraction of sp³-hybridized carbons (Fsp3) is 0.385. The second-order valence-electron chi connectivity index (χ2n) is 14.7. The summed E-state index contributed by atoms with van der Waals surface area (Å²) in [5, 5.41) is 33.4. The van der Waals surface area contributed by atoms with Crippen LogP contribution in [0.2, 0.25) is 5.02 Å². The Morgan fingerprint density at radius 2 is 1.76 bits per heavy atom. The average Bonchev–Trinajstić information content (AvgIpc) is 3.60. The van der Waals surface area contributed by atoms with Crippen molar-refractivity contribution in [2.75, 3.05) is 7.05 Å². The zero-order valence-corrected chi connectivity index (χ0v) is 32.2. The Bertz CT molecular complexity index is 2510. The van der Waals surface area contributed by atoms with E-state index in [-0.39, 0.29) is 45.4 Å². The van der Waals surface area contributed by atoms with Crippen molar-refractivity contribution in [1.82, 2.24) is 34.6 Å². The molecule has 7 rings (SSSR count). The van der Waals surface area contributed by atoms with Gasteiger partial charge in [0.05, 0.1) is 33.4 Å². The number of carbonyl (C=O) groups excluding carboxylic acids is 1. The Balaban J connectivity index is 1.39. The van der Waals surface area contributed by atoms with E-state index in [9.17, 15) is 32.2 Å². The van der Waals surface area contributed by atoms with Gasteiger partial charge in [-0.15, -0.1) is 0 Å². The summed E-state index contributed by atoms with van der Waals surface area (Å²) in [7, 11) is -1.23. The molecule has 5 aromatic rings. The molecule has 1 amide bonds. The normalized spacial score (nSPS) is 15.7. The van der Waals surface area contributed by atoms with Crippen molar-refractivity contribution in [2.45, 2.75) is 87.6 Å². The molecule has 3 aromatic heterocycles. The third kappa shape index (κ3) is 7.87. The van der Waals surface area contributed by atoms with Gasteiger partial charge < -0.3 is 15.5 Å². The van der Waals surface area contributed by atoms with Crippen LogP contribution in [-0.4, -0.2) is 61.7 Å². The second-order valence-corrected chi connectivity index (χ2v) is 16.9. The number of nitrogens with zero attached hydrogens (tertiary/aromatic N) is 5. The number of amides is 1. The largest absolute Gasteiger partial charge is 0.383 e. The van der Waals surface area contributed by atoms with Gasteiger partial charge in [-0.25, -0.2) is 26.9 Å². The Hall–Kier alpha value is -4.72. The molecule has 0 saturated heterocycles. The van der Waals surface area contributed by atoms with E-state index in [0.717, 1.165) is 36.6 Å². The molecule has 12 nitrogen and oxygen atoms in total. The third-order valence-electron chi connectivity index (χ3n) is 9.88. The molecule has 2 aliphatic rings. The van der Waals surface area contributed by atoms with E-state index in [2.05, 4.69) is 27.0 Å². The molecule has 2 aromatic carbocycles. The smallest absolute Gasteiger partial charge is 0.260 e. The zero-order valence-electron chi connectivity index (χ0n) is 30.7. The highest BCUT2D eigenvalue weighted by atomic mass is 35.5. The van der Waals surface area contributed by atoms with Crippen molar-refractivity contribution in [2.24, 2.45) is 7.05 Å². The predicted molar refractivity (Wildman–Crippen MR) is 201 cm³/mol. The van der Waals surface area contributed by atoms with Crippen LogP contribution in [0, 0.1) is 23.5 Å². The minimum absolute atomic E-state index is 0.119. The molecule has 16 heteroatoms. The Labute approximate surface area is 322 Å². The Kier molecular flexibility index (Phi) is 10.1. The first-order valence-electron chi connectivity index (χ1n) is 17.9. The number of sulfonamides is 1. The summed E-state index contributed by atoms with van der Waals surface area (Å²) in [6.45, 7) is 2.83. The van der Waals surface area contributed by atoms with Crippen LogP contribution < -0.4 is 10.0 Å². The van der Waals surface area contributed by atoms with Crippen LogP contribution in [0.15, 0.2) is 47.5 Å². The van der Waals surface area contributed by atoms with E-state index in [0.29, 0.717) is 41.6 Å². The van der Waals surface area contributed by atoms with Crippen LogP contribution >= 0.6 is 11.6 Å². The number of fused-ring (bicyclic) bond motifs is 2. The van der Waals surface area contributed by atoms with Gasteiger partial charge in [0.25, 0.3) is 10.0 Å². The molecule has 0 radical (unpaired) electrons. The van der Waals surface area contributed by atoms with Crippen LogP contribution in [0.1, 0.15) is 79.5 Å². The number of aliphatic hydroxyl groups is 2. The first-order valence-corrected chi connectivity index (χ1v) is 19.7. The van der Waals surface area contributed by atoms with Gasteiger partial charge >= 0.3 is 0 Å². The lowest BCUT2D eigenvalue weighted by Gasteiger charge is -2.23. The minimum Gasteiger partial charge on any atom is -0.383 e. The first kappa shape index (κ1) is 38.6. The summed E-state index contributed by atoms with van der Waals surface area (Å²) in [6, 6.07) is 8.56. The van der Waals surface area contributed by atoms with Crippen molar-refractivity contribution in [3.05, 3.63) is 93.0 Å².